The van der Waals surface area contributed by atoms with Crippen molar-refractivity contribution in [2.24, 2.45) is 0 Å². The Labute approximate surface area is 148 Å². The molecule has 25 heavy (non-hydrogen) atoms. The van der Waals surface area contributed by atoms with Crippen molar-refractivity contribution in [1.82, 2.24) is 0 Å². The minimum atomic E-state index is -7.26. The van der Waals surface area contributed by atoms with Crippen molar-refractivity contribution in [1.29, 1.82) is 0 Å². The molecular formula is C12H12F11IO. The van der Waals surface area contributed by atoms with Crippen LogP contribution in [-0.4, -0.2) is 41.6 Å². The Morgan fingerprint density at radius 2 is 1.20 bits per heavy atom. The van der Waals surface area contributed by atoms with Gasteiger partial charge in [0.05, 0.1) is 0 Å². The van der Waals surface area contributed by atoms with Gasteiger partial charge in [0.15, 0.2) is 0 Å². The number of hydrogen-bond acceptors (Lipinski definition) is 1. The topological polar surface area (TPSA) is 20.2 Å². The third kappa shape index (κ3) is 5.10. The molecule has 0 saturated carbocycles. The molecule has 0 aliphatic heterocycles. The highest BCUT2D eigenvalue weighted by Gasteiger charge is 2.85. The molecule has 1 N–H and O–H groups in total. The predicted octanol–water partition coefficient (Wildman–Crippen LogP) is 5.96. The predicted molar refractivity (Wildman–Crippen MR) is 73.5 cm³/mol. The van der Waals surface area contributed by atoms with Crippen LogP contribution in [0.4, 0.5) is 48.3 Å². The van der Waals surface area contributed by atoms with Crippen molar-refractivity contribution in [3.63, 3.8) is 0 Å². The largest absolute Gasteiger partial charge is 0.460 e. The molecule has 1 unspecified atom stereocenters. The number of rotatable bonds is 8. The first kappa shape index (κ1) is 24.7. The van der Waals surface area contributed by atoms with Crippen molar-refractivity contribution in [2.45, 2.75) is 55.5 Å². The normalized spacial score (nSPS) is 17.6. The number of alkyl halides is 11. The first-order valence-corrected chi connectivity index (χ1v) is 7.59. The Hall–Kier alpha value is -0.340. The Morgan fingerprint density at radius 3 is 1.56 bits per heavy atom. The Bertz CT molecular complexity index is 469. The molecular weight excluding hydrogens is 496 g/mol. The zero-order chi connectivity index (χ0) is 20.3. The summed E-state index contributed by atoms with van der Waals surface area (Å²) in [6.45, 7) is -0.286. The molecule has 0 aromatic rings. The molecule has 0 aromatic heterocycles. The van der Waals surface area contributed by atoms with E-state index in [0.29, 0.717) is 0 Å². The van der Waals surface area contributed by atoms with Crippen molar-refractivity contribution in [2.75, 3.05) is 6.61 Å². The van der Waals surface area contributed by atoms with Gasteiger partial charge in [-0.2, -0.15) is 43.9 Å². The average Bonchev–Trinajstić information content (AvgIpc) is 2.40. The molecule has 0 fully saturated rings. The second-order valence-electron chi connectivity index (χ2n) is 4.98. The van der Waals surface area contributed by atoms with Gasteiger partial charge in [-0.1, -0.05) is 6.42 Å². The average molecular weight is 508 g/mol. The number of aliphatic hydroxyl groups is 1. The monoisotopic (exact) mass is 508 g/mol. The van der Waals surface area contributed by atoms with Crippen molar-refractivity contribution < 1.29 is 53.4 Å². The summed E-state index contributed by atoms with van der Waals surface area (Å²) in [4.78, 5) is 0. The second-order valence-corrected chi connectivity index (χ2v) is 6.37. The molecule has 0 aromatic carbocycles. The maximum absolute atomic E-state index is 14.0. The van der Waals surface area contributed by atoms with Crippen LogP contribution in [0.5, 0.6) is 0 Å². The highest BCUT2D eigenvalue weighted by atomic mass is 127. The van der Waals surface area contributed by atoms with Gasteiger partial charge in [-0.15, -0.1) is 0 Å². The van der Waals surface area contributed by atoms with Crippen molar-refractivity contribution in [3.8, 4) is 0 Å². The molecule has 0 spiro atoms. The van der Waals surface area contributed by atoms with Crippen LogP contribution < -0.4 is 0 Å². The third-order valence-electron chi connectivity index (χ3n) is 3.05. The van der Waals surface area contributed by atoms with Gasteiger partial charge in [0.25, 0.3) is 5.67 Å². The van der Waals surface area contributed by atoms with Crippen LogP contribution >= 0.6 is 22.6 Å². The summed E-state index contributed by atoms with van der Waals surface area (Å²) in [5.74, 6) is -14.4. The van der Waals surface area contributed by atoms with E-state index in [-0.39, 0.29) is 25.9 Å². The van der Waals surface area contributed by atoms with Crippen LogP contribution in [0.2, 0.25) is 0 Å². The number of hydrogen-bond donors (Lipinski definition) is 1. The summed E-state index contributed by atoms with van der Waals surface area (Å²) in [7, 11) is 0. The fraction of sp³-hybridized carbons (Fsp3) is 0.833. The summed E-state index contributed by atoms with van der Waals surface area (Å²) < 4.78 is 140. The molecule has 0 bridgehead atoms. The highest BCUT2D eigenvalue weighted by Crippen LogP contribution is 2.58. The van der Waals surface area contributed by atoms with E-state index in [2.05, 4.69) is 0 Å². The second kappa shape index (κ2) is 8.13. The zero-order valence-corrected chi connectivity index (χ0v) is 14.3. The first-order chi connectivity index (χ1) is 11.0. The Morgan fingerprint density at radius 1 is 0.720 bits per heavy atom. The van der Waals surface area contributed by atoms with E-state index in [4.69, 9.17) is 5.11 Å². The standard InChI is InChI=1S/C12H12F11IO/c13-8(11(18,19)20,6-7(24)4-2-1-3-5-25)9(14,15)10(16,17)12(21,22)23/h6,25H,1-5H2. The van der Waals surface area contributed by atoms with Gasteiger partial charge in [-0.25, -0.2) is 4.39 Å². The molecule has 0 aliphatic rings. The quantitative estimate of drug-likeness (QED) is 0.244. The smallest absolute Gasteiger partial charge is 0.396 e. The minimum Gasteiger partial charge on any atom is -0.396 e. The van der Waals surface area contributed by atoms with E-state index >= 15 is 0 Å². The summed E-state index contributed by atoms with van der Waals surface area (Å²) in [6, 6.07) is 0. The maximum atomic E-state index is 14.0. The van der Waals surface area contributed by atoms with Gasteiger partial charge in [-0.05, 0) is 51.5 Å². The van der Waals surface area contributed by atoms with Crippen molar-refractivity contribution in [3.05, 3.63) is 9.66 Å². The number of unbranched alkanes of at least 4 members (excludes halogenated alkanes) is 2. The van der Waals surface area contributed by atoms with E-state index in [1.165, 1.54) is 0 Å². The van der Waals surface area contributed by atoms with Crippen LogP contribution in [0.15, 0.2) is 9.66 Å². The molecule has 0 rings (SSSR count). The lowest BCUT2D eigenvalue weighted by molar-refractivity contribution is -0.402. The van der Waals surface area contributed by atoms with Gasteiger partial charge >= 0.3 is 24.2 Å². The van der Waals surface area contributed by atoms with Crippen molar-refractivity contribution >= 4 is 22.6 Å². The molecule has 0 heterocycles. The van der Waals surface area contributed by atoms with Crippen LogP contribution in [0.3, 0.4) is 0 Å². The lowest BCUT2D eigenvalue weighted by atomic mass is 9.90. The van der Waals surface area contributed by atoms with E-state index in [9.17, 15) is 48.3 Å². The maximum Gasteiger partial charge on any atom is 0.460 e. The molecule has 1 atom stereocenters. The summed E-state index contributed by atoms with van der Waals surface area (Å²) in [6.07, 6.45) is -14.9. The van der Waals surface area contributed by atoms with Gasteiger partial charge in [0.1, 0.15) is 0 Å². The van der Waals surface area contributed by atoms with E-state index < -0.39 is 45.9 Å². The lowest BCUT2D eigenvalue weighted by Crippen LogP contribution is -2.66. The lowest BCUT2D eigenvalue weighted by Gasteiger charge is -2.37. The van der Waals surface area contributed by atoms with Crippen LogP contribution in [0, 0.1) is 0 Å². The van der Waals surface area contributed by atoms with Gasteiger partial charge in [0, 0.05) is 6.61 Å². The fourth-order valence-corrected chi connectivity index (χ4v) is 2.44. The van der Waals surface area contributed by atoms with Crippen LogP contribution in [-0.2, 0) is 0 Å². The molecule has 1 nitrogen and oxygen atoms in total. The van der Waals surface area contributed by atoms with Gasteiger partial charge < -0.3 is 5.11 Å². The third-order valence-corrected chi connectivity index (χ3v) is 3.90. The van der Waals surface area contributed by atoms with Crippen LogP contribution in [0.1, 0.15) is 25.7 Å². The SMILES string of the molecule is OCCCCCC(I)=CC(F)(C(F)(F)F)C(F)(F)C(F)(F)C(F)(F)F. The molecule has 13 heteroatoms. The van der Waals surface area contributed by atoms with Gasteiger partial charge in [-0.3, -0.25) is 0 Å². The first-order valence-electron chi connectivity index (χ1n) is 6.51. The van der Waals surface area contributed by atoms with E-state index in [0.717, 1.165) is 22.6 Å². The number of aliphatic hydroxyl groups excluding tert-OH is 1. The highest BCUT2D eigenvalue weighted by molar-refractivity contribution is 14.1. The van der Waals surface area contributed by atoms with Crippen LogP contribution in [0.25, 0.3) is 0 Å². The summed E-state index contributed by atoms with van der Waals surface area (Å²) in [5.41, 5.74) is -6.23. The molecule has 0 aliphatic carbocycles. The number of halogens is 12. The number of allylic oxidation sites excluding steroid dienone is 2. The molecule has 0 radical (unpaired) electrons. The Balaban J connectivity index is 5.92. The minimum absolute atomic E-state index is 0.0233. The Kier molecular flexibility index (Phi) is 8.02. The summed E-state index contributed by atoms with van der Waals surface area (Å²) in [5, 5.41) is 8.48. The summed E-state index contributed by atoms with van der Waals surface area (Å²) >= 11 is 0.947. The van der Waals surface area contributed by atoms with Gasteiger partial charge in [0.2, 0.25) is 0 Å². The molecule has 0 saturated heterocycles. The fourth-order valence-electron chi connectivity index (χ4n) is 1.63. The zero-order valence-electron chi connectivity index (χ0n) is 12.1. The van der Waals surface area contributed by atoms with E-state index in [1.54, 1.807) is 0 Å². The van der Waals surface area contributed by atoms with E-state index in [1.807, 2.05) is 0 Å². The molecule has 0 amide bonds. The molecule has 150 valence electrons.